The fourth-order valence-corrected chi connectivity index (χ4v) is 2.33. The van der Waals surface area contributed by atoms with Gasteiger partial charge in [0.25, 0.3) is 0 Å². The lowest BCUT2D eigenvalue weighted by Crippen LogP contribution is -2.22. The van der Waals surface area contributed by atoms with Gasteiger partial charge in [-0.25, -0.2) is 4.79 Å². The molecule has 0 aromatic heterocycles. The Morgan fingerprint density at radius 3 is 2.64 bits per heavy atom. The number of esters is 2. The minimum absolute atomic E-state index is 0.0653. The minimum atomic E-state index is -0.534. The van der Waals surface area contributed by atoms with Crippen LogP contribution in [0.25, 0.3) is 0 Å². The molecule has 1 aliphatic heterocycles. The van der Waals surface area contributed by atoms with E-state index < -0.39 is 11.9 Å². The molecule has 1 aliphatic rings. The maximum absolute atomic E-state index is 11.9. The van der Waals surface area contributed by atoms with Gasteiger partial charge in [0.15, 0.2) is 0 Å². The van der Waals surface area contributed by atoms with Gasteiger partial charge in [0.2, 0.25) is 0 Å². The molecule has 1 unspecified atom stereocenters. The molecule has 5 heteroatoms. The average Bonchev–Trinajstić information content (AvgIpc) is 2.97. The summed E-state index contributed by atoms with van der Waals surface area (Å²) in [5, 5.41) is 0. The van der Waals surface area contributed by atoms with Gasteiger partial charge in [0.1, 0.15) is 12.2 Å². The van der Waals surface area contributed by atoms with Crippen LogP contribution in [-0.2, 0) is 23.8 Å². The van der Waals surface area contributed by atoms with Crippen molar-refractivity contribution in [2.45, 2.75) is 71.0 Å². The summed E-state index contributed by atoms with van der Waals surface area (Å²) in [6, 6.07) is 0. The standard InChI is InChI=1S/C17H28O5/c1-4-6-8-14(7-5-2)21-16(18)11-13(3)17(19)22-15-9-10-20-12-15/h14-15H,3-12H2,1-2H3/t14-,15?/m0/s1. The van der Waals surface area contributed by atoms with Crippen molar-refractivity contribution in [1.82, 2.24) is 0 Å². The molecule has 0 spiro atoms. The smallest absolute Gasteiger partial charge is 0.334 e. The second kappa shape index (κ2) is 10.4. The van der Waals surface area contributed by atoms with Crippen LogP contribution < -0.4 is 0 Å². The predicted molar refractivity (Wildman–Crippen MR) is 83.4 cm³/mol. The van der Waals surface area contributed by atoms with Crippen molar-refractivity contribution in [3.05, 3.63) is 12.2 Å². The van der Waals surface area contributed by atoms with E-state index >= 15 is 0 Å². The molecule has 0 aliphatic carbocycles. The number of hydrogen-bond donors (Lipinski definition) is 0. The molecule has 2 atom stereocenters. The summed E-state index contributed by atoms with van der Waals surface area (Å²) in [6.07, 6.45) is 5.07. The Kier molecular flexibility index (Phi) is 8.82. The van der Waals surface area contributed by atoms with E-state index in [0.717, 1.165) is 32.1 Å². The summed E-state index contributed by atoms with van der Waals surface area (Å²) in [5.41, 5.74) is 0.141. The number of carbonyl (C=O) groups is 2. The molecule has 22 heavy (non-hydrogen) atoms. The van der Waals surface area contributed by atoms with Gasteiger partial charge in [0.05, 0.1) is 19.6 Å². The highest BCUT2D eigenvalue weighted by atomic mass is 16.6. The molecule has 0 aromatic rings. The number of hydrogen-bond acceptors (Lipinski definition) is 5. The van der Waals surface area contributed by atoms with Crippen LogP contribution in [-0.4, -0.2) is 37.4 Å². The summed E-state index contributed by atoms with van der Waals surface area (Å²) in [7, 11) is 0. The van der Waals surface area contributed by atoms with Crippen molar-refractivity contribution in [3.8, 4) is 0 Å². The Bertz CT molecular complexity index is 371. The van der Waals surface area contributed by atoms with Gasteiger partial charge in [-0.2, -0.15) is 0 Å². The van der Waals surface area contributed by atoms with E-state index in [1.54, 1.807) is 0 Å². The minimum Gasteiger partial charge on any atom is -0.462 e. The van der Waals surface area contributed by atoms with Crippen LogP contribution in [0.5, 0.6) is 0 Å². The molecular weight excluding hydrogens is 284 g/mol. The van der Waals surface area contributed by atoms with Crippen LogP contribution in [0, 0.1) is 0 Å². The van der Waals surface area contributed by atoms with E-state index in [-0.39, 0.29) is 24.2 Å². The molecule has 0 N–H and O–H groups in total. The van der Waals surface area contributed by atoms with Crippen molar-refractivity contribution < 1.29 is 23.8 Å². The summed E-state index contributed by atoms with van der Waals surface area (Å²) in [4.78, 5) is 23.8. The zero-order valence-corrected chi connectivity index (χ0v) is 13.8. The third-order valence-electron chi connectivity index (χ3n) is 3.60. The molecule has 0 bridgehead atoms. The number of ether oxygens (including phenoxy) is 3. The zero-order valence-electron chi connectivity index (χ0n) is 13.8. The van der Waals surface area contributed by atoms with Crippen molar-refractivity contribution in [2.24, 2.45) is 0 Å². The number of rotatable bonds is 10. The number of carbonyl (C=O) groups excluding carboxylic acids is 2. The molecule has 0 saturated carbocycles. The van der Waals surface area contributed by atoms with Gasteiger partial charge < -0.3 is 14.2 Å². The monoisotopic (exact) mass is 312 g/mol. The normalized spacial score (nSPS) is 18.7. The molecule has 0 aromatic carbocycles. The van der Waals surface area contributed by atoms with E-state index in [4.69, 9.17) is 14.2 Å². The molecule has 0 radical (unpaired) electrons. The molecule has 1 heterocycles. The third kappa shape index (κ3) is 7.07. The first-order chi connectivity index (χ1) is 10.6. The fourth-order valence-electron chi connectivity index (χ4n) is 2.33. The fraction of sp³-hybridized carbons (Fsp3) is 0.765. The summed E-state index contributed by atoms with van der Waals surface area (Å²) in [6.45, 7) is 8.82. The van der Waals surface area contributed by atoms with Crippen molar-refractivity contribution in [1.29, 1.82) is 0 Å². The van der Waals surface area contributed by atoms with Crippen LogP contribution in [0.2, 0.25) is 0 Å². The van der Waals surface area contributed by atoms with Crippen molar-refractivity contribution in [3.63, 3.8) is 0 Å². The molecular formula is C17H28O5. The Morgan fingerprint density at radius 2 is 2.05 bits per heavy atom. The maximum atomic E-state index is 11.9. The van der Waals surface area contributed by atoms with Gasteiger partial charge in [-0.1, -0.05) is 39.7 Å². The SMILES string of the molecule is C=C(CC(=O)O[C@@H](CCC)CCCC)C(=O)OC1CCOC1. The lowest BCUT2D eigenvalue weighted by Gasteiger charge is -2.17. The molecule has 0 amide bonds. The Balaban J connectivity index is 2.34. The lowest BCUT2D eigenvalue weighted by molar-refractivity contribution is -0.152. The number of unbranched alkanes of at least 4 members (excludes halogenated alkanes) is 1. The van der Waals surface area contributed by atoms with Gasteiger partial charge in [-0.15, -0.1) is 0 Å². The molecule has 1 rings (SSSR count). The largest absolute Gasteiger partial charge is 0.462 e. The van der Waals surface area contributed by atoms with Crippen molar-refractivity contribution in [2.75, 3.05) is 13.2 Å². The van der Waals surface area contributed by atoms with Crippen molar-refractivity contribution >= 4 is 11.9 Å². The van der Waals surface area contributed by atoms with E-state index in [2.05, 4.69) is 20.4 Å². The Morgan fingerprint density at radius 1 is 1.27 bits per heavy atom. The first kappa shape index (κ1) is 18.7. The Labute approximate surface area is 133 Å². The quantitative estimate of drug-likeness (QED) is 0.458. The first-order valence-corrected chi connectivity index (χ1v) is 8.22. The third-order valence-corrected chi connectivity index (χ3v) is 3.60. The summed E-state index contributed by atoms with van der Waals surface area (Å²) in [5.74, 6) is -0.938. The van der Waals surface area contributed by atoms with Gasteiger partial charge >= 0.3 is 11.9 Å². The highest BCUT2D eigenvalue weighted by Gasteiger charge is 2.23. The zero-order chi connectivity index (χ0) is 16.4. The highest BCUT2D eigenvalue weighted by Crippen LogP contribution is 2.15. The second-order valence-corrected chi connectivity index (χ2v) is 5.71. The maximum Gasteiger partial charge on any atom is 0.334 e. The topological polar surface area (TPSA) is 61.8 Å². The second-order valence-electron chi connectivity index (χ2n) is 5.71. The van der Waals surface area contributed by atoms with Gasteiger partial charge in [-0.3, -0.25) is 4.79 Å². The van der Waals surface area contributed by atoms with E-state index in [1.807, 2.05) is 0 Å². The van der Waals surface area contributed by atoms with Gasteiger partial charge in [0, 0.05) is 12.0 Å². The van der Waals surface area contributed by atoms with E-state index in [0.29, 0.717) is 19.6 Å². The summed E-state index contributed by atoms with van der Waals surface area (Å²) >= 11 is 0. The van der Waals surface area contributed by atoms with E-state index in [9.17, 15) is 9.59 Å². The lowest BCUT2D eigenvalue weighted by atomic mass is 10.1. The molecule has 126 valence electrons. The average molecular weight is 312 g/mol. The molecule has 5 nitrogen and oxygen atoms in total. The van der Waals surface area contributed by atoms with Crippen LogP contribution >= 0.6 is 0 Å². The van der Waals surface area contributed by atoms with Crippen LogP contribution in [0.4, 0.5) is 0 Å². The molecule has 1 saturated heterocycles. The van der Waals surface area contributed by atoms with Gasteiger partial charge in [-0.05, 0) is 12.8 Å². The van der Waals surface area contributed by atoms with Crippen LogP contribution in [0.3, 0.4) is 0 Å². The van der Waals surface area contributed by atoms with Crippen LogP contribution in [0.15, 0.2) is 12.2 Å². The predicted octanol–water partition coefficient (Wildman–Crippen LogP) is 3.17. The van der Waals surface area contributed by atoms with Crippen LogP contribution in [0.1, 0.15) is 58.8 Å². The summed E-state index contributed by atoms with van der Waals surface area (Å²) < 4.78 is 15.8. The van der Waals surface area contributed by atoms with E-state index in [1.165, 1.54) is 0 Å². The Hall–Kier alpha value is -1.36. The highest BCUT2D eigenvalue weighted by molar-refractivity contribution is 5.93. The molecule has 1 fully saturated rings. The first-order valence-electron chi connectivity index (χ1n) is 8.22.